The summed E-state index contributed by atoms with van der Waals surface area (Å²) >= 11 is 1.50. The first kappa shape index (κ1) is 15.4. The summed E-state index contributed by atoms with van der Waals surface area (Å²) in [5.74, 6) is 7.21. The van der Waals surface area contributed by atoms with E-state index in [1.165, 1.54) is 45.1 Å². The van der Waals surface area contributed by atoms with E-state index in [0.717, 1.165) is 0 Å². The molecule has 0 fully saturated rings. The van der Waals surface area contributed by atoms with Crippen LogP contribution in [0.2, 0.25) is 0 Å². The summed E-state index contributed by atoms with van der Waals surface area (Å²) in [7, 11) is 0. The van der Waals surface area contributed by atoms with Gasteiger partial charge in [-0.05, 0) is 38.6 Å². The smallest absolute Gasteiger partial charge is 0.108 e. The van der Waals surface area contributed by atoms with E-state index in [-0.39, 0.29) is 0 Å². The van der Waals surface area contributed by atoms with Crippen molar-refractivity contribution in [2.45, 2.75) is 11.3 Å². The molecule has 1 heteroatoms. The van der Waals surface area contributed by atoms with Crippen LogP contribution in [0.4, 0.5) is 0 Å². The van der Waals surface area contributed by atoms with Crippen molar-refractivity contribution >= 4 is 11.8 Å². The van der Waals surface area contributed by atoms with Crippen molar-refractivity contribution in [3.05, 3.63) is 106 Å². The first-order chi connectivity index (χ1) is 12.9. The first-order valence-electron chi connectivity index (χ1n) is 8.73. The van der Waals surface area contributed by atoms with Gasteiger partial charge in [-0.15, -0.1) is 6.42 Å². The lowest BCUT2D eigenvalue weighted by Gasteiger charge is -2.48. The fraction of sp³-hybridized carbons (Fsp3) is 0.120. The van der Waals surface area contributed by atoms with Crippen LogP contribution in [-0.4, -0.2) is 5.75 Å². The molecular formula is C25H16S. The lowest BCUT2D eigenvalue weighted by Crippen LogP contribution is -2.41. The standard InChI is InChI=1S/C25H16S/c1-2-16-26-17-15-25-21-12-6-3-9-18(21)24(19-10-4-7-13-22(19)25)20-11-5-8-14-23(20)25/h1,3-14,24H,16H2. The molecule has 6 rings (SSSR count). The fourth-order valence-corrected chi connectivity index (χ4v) is 4.98. The molecule has 0 radical (unpaired) electrons. The molecule has 26 heavy (non-hydrogen) atoms. The molecule has 2 bridgehead atoms. The molecule has 0 atom stereocenters. The van der Waals surface area contributed by atoms with Gasteiger partial charge in [0, 0.05) is 5.92 Å². The molecule has 0 aliphatic heterocycles. The maximum Gasteiger partial charge on any atom is 0.108 e. The van der Waals surface area contributed by atoms with E-state index in [9.17, 15) is 0 Å². The zero-order valence-electron chi connectivity index (χ0n) is 14.2. The molecule has 0 saturated heterocycles. The second-order valence-electron chi connectivity index (χ2n) is 6.66. The third-order valence-corrected chi connectivity index (χ3v) is 6.05. The summed E-state index contributed by atoms with van der Waals surface area (Å²) in [5, 5.41) is 3.32. The van der Waals surface area contributed by atoms with Crippen LogP contribution in [0.25, 0.3) is 0 Å². The Labute approximate surface area is 158 Å². The highest BCUT2D eigenvalue weighted by atomic mass is 32.2. The molecule has 0 saturated carbocycles. The van der Waals surface area contributed by atoms with E-state index < -0.39 is 5.41 Å². The molecule has 0 aromatic heterocycles. The highest BCUT2D eigenvalue weighted by molar-refractivity contribution is 8.04. The minimum absolute atomic E-state index is 0.292. The van der Waals surface area contributed by atoms with Crippen LogP contribution in [0.5, 0.6) is 0 Å². The molecule has 0 heterocycles. The Balaban J connectivity index is 1.89. The van der Waals surface area contributed by atoms with Gasteiger partial charge in [-0.25, -0.2) is 0 Å². The third-order valence-electron chi connectivity index (χ3n) is 5.49. The third kappa shape index (κ3) is 1.90. The monoisotopic (exact) mass is 348 g/mol. The second-order valence-corrected chi connectivity index (χ2v) is 7.45. The molecular weight excluding hydrogens is 332 g/mol. The van der Waals surface area contributed by atoms with Gasteiger partial charge in [0.15, 0.2) is 0 Å². The molecule has 0 unspecified atom stereocenters. The second kappa shape index (κ2) is 5.84. The number of benzene rings is 3. The van der Waals surface area contributed by atoms with Crippen molar-refractivity contribution in [2.24, 2.45) is 0 Å². The van der Waals surface area contributed by atoms with Crippen molar-refractivity contribution < 1.29 is 0 Å². The quantitative estimate of drug-likeness (QED) is 0.433. The summed E-state index contributed by atoms with van der Waals surface area (Å²) in [6.07, 6.45) is 5.41. The number of hydrogen-bond donors (Lipinski definition) is 0. The Bertz CT molecular complexity index is 1000. The van der Waals surface area contributed by atoms with Gasteiger partial charge in [-0.2, -0.15) is 0 Å². The molecule has 0 nitrogen and oxygen atoms in total. The summed E-state index contributed by atoms with van der Waals surface area (Å²) < 4.78 is 0. The van der Waals surface area contributed by atoms with Gasteiger partial charge in [-0.1, -0.05) is 96.4 Å². The molecule has 0 N–H and O–H groups in total. The topological polar surface area (TPSA) is 0 Å². The highest BCUT2D eigenvalue weighted by Crippen LogP contribution is 2.58. The summed E-state index contributed by atoms with van der Waals surface area (Å²) in [4.78, 5) is 0. The predicted molar refractivity (Wildman–Crippen MR) is 109 cm³/mol. The average molecular weight is 348 g/mol. The van der Waals surface area contributed by atoms with Crippen LogP contribution in [-0.2, 0) is 5.41 Å². The fourth-order valence-electron chi connectivity index (χ4n) is 4.60. The van der Waals surface area contributed by atoms with E-state index in [1.807, 2.05) is 0 Å². The van der Waals surface area contributed by atoms with Crippen molar-refractivity contribution in [1.82, 2.24) is 0 Å². The van der Waals surface area contributed by atoms with Crippen LogP contribution < -0.4 is 0 Å². The minimum Gasteiger partial charge on any atom is -0.119 e. The van der Waals surface area contributed by atoms with Crippen molar-refractivity contribution in [1.29, 1.82) is 0 Å². The number of hydrogen-bond acceptors (Lipinski definition) is 1. The van der Waals surface area contributed by atoms with Gasteiger partial charge < -0.3 is 0 Å². The average Bonchev–Trinajstić information content (AvgIpc) is 2.71. The van der Waals surface area contributed by atoms with Crippen molar-refractivity contribution in [3.8, 4) is 23.5 Å². The Morgan fingerprint density at radius 2 is 1.23 bits per heavy atom. The highest BCUT2D eigenvalue weighted by Gasteiger charge is 2.50. The normalized spacial score (nSPS) is 20.8. The minimum atomic E-state index is -0.417. The Kier molecular flexibility index (Phi) is 3.46. The summed E-state index contributed by atoms with van der Waals surface area (Å²) in [6.45, 7) is 0. The van der Waals surface area contributed by atoms with Crippen molar-refractivity contribution in [3.63, 3.8) is 0 Å². The van der Waals surface area contributed by atoms with E-state index in [2.05, 4.69) is 89.9 Å². The maximum absolute atomic E-state index is 5.41. The van der Waals surface area contributed by atoms with E-state index in [1.54, 1.807) is 0 Å². The lowest BCUT2D eigenvalue weighted by atomic mass is 9.53. The first-order valence-corrected chi connectivity index (χ1v) is 9.72. The zero-order valence-corrected chi connectivity index (χ0v) is 15.0. The van der Waals surface area contributed by atoms with Gasteiger partial charge >= 0.3 is 0 Å². The van der Waals surface area contributed by atoms with Gasteiger partial charge in [0.1, 0.15) is 5.41 Å². The maximum atomic E-state index is 5.41. The zero-order chi connectivity index (χ0) is 17.6. The number of thioether (sulfide) groups is 1. The van der Waals surface area contributed by atoms with E-state index in [0.29, 0.717) is 11.7 Å². The van der Waals surface area contributed by atoms with Gasteiger partial charge in [-0.3, -0.25) is 0 Å². The molecule has 3 aliphatic carbocycles. The van der Waals surface area contributed by atoms with Crippen LogP contribution >= 0.6 is 11.8 Å². The number of terminal acetylenes is 1. The largest absolute Gasteiger partial charge is 0.119 e. The van der Waals surface area contributed by atoms with Crippen LogP contribution in [0, 0.1) is 23.5 Å². The summed E-state index contributed by atoms with van der Waals surface area (Å²) in [6, 6.07) is 26.3. The van der Waals surface area contributed by atoms with E-state index in [4.69, 9.17) is 6.42 Å². The SMILES string of the molecule is C#CCSC#CC12c3ccccc3C(c3ccccc31)c1ccccc12. The molecule has 3 aromatic carbocycles. The van der Waals surface area contributed by atoms with Crippen LogP contribution in [0.3, 0.4) is 0 Å². The summed E-state index contributed by atoms with van der Waals surface area (Å²) in [5.41, 5.74) is 7.66. The molecule has 0 spiro atoms. The Hall–Kier alpha value is -2.87. The van der Waals surface area contributed by atoms with Gasteiger partial charge in [0.05, 0.1) is 5.75 Å². The number of rotatable bonds is 1. The molecule has 3 aliphatic rings. The molecule has 0 amide bonds. The van der Waals surface area contributed by atoms with E-state index >= 15 is 0 Å². The Morgan fingerprint density at radius 3 is 1.69 bits per heavy atom. The van der Waals surface area contributed by atoms with Crippen molar-refractivity contribution in [2.75, 3.05) is 5.75 Å². The van der Waals surface area contributed by atoms with Gasteiger partial charge in [0.2, 0.25) is 0 Å². The molecule has 122 valence electrons. The van der Waals surface area contributed by atoms with Crippen LogP contribution in [0.1, 0.15) is 39.3 Å². The molecule has 3 aromatic rings. The predicted octanol–water partition coefficient (Wildman–Crippen LogP) is 5.16. The Morgan fingerprint density at radius 1 is 0.769 bits per heavy atom. The van der Waals surface area contributed by atoms with Crippen LogP contribution in [0.15, 0.2) is 72.8 Å². The lowest BCUT2D eigenvalue weighted by molar-refractivity contribution is 0.666. The van der Waals surface area contributed by atoms with Gasteiger partial charge in [0.25, 0.3) is 0 Å².